The maximum absolute atomic E-state index is 13.2. The average Bonchev–Trinajstić information content (AvgIpc) is 3.24. The van der Waals surface area contributed by atoms with Crippen LogP contribution in [0.2, 0.25) is 0 Å². The van der Waals surface area contributed by atoms with E-state index in [2.05, 4.69) is 80.8 Å². The van der Waals surface area contributed by atoms with E-state index < -0.39 is 18.2 Å². The van der Waals surface area contributed by atoms with E-state index in [0.717, 1.165) is 64.2 Å². The molecule has 6 heteroatoms. The zero-order chi connectivity index (χ0) is 43.8. The molecule has 0 aromatic carbocycles. The maximum Gasteiger partial charge on any atom is 0.306 e. The molecule has 0 aromatic heterocycles. The number of allylic oxidation sites excluding steroid dienone is 9. The Morgan fingerprint density at radius 3 is 1.43 bits per heavy atom. The summed E-state index contributed by atoms with van der Waals surface area (Å²) >= 11 is 0. The van der Waals surface area contributed by atoms with Crippen LogP contribution in [0.5, 0.6) is 0 Å². The average molecular weight is 840 g/mol. The molecule has 0 fully saturated rings. The Labute approximate surface area is 371 Å². The second-order valence-corrected chi connectivity index (χ2v) is 17.2. The molecular formula is C54H97NO5. The van der Waals surface area contributed by atoms with Crippen molar-refractivity contribution in [2.24, 2.45) is 0 Å². The molecule has 0 saturated heterocycles. The van der Waals surface area contributed by atoms with Crippen LogP contribution in [0, 0.1) is 0 Å². The number of esters is 1. The molecule has 3 unspecified atom stereocenters. The quantitative estimate of drug-likeness (QED) is 0.0322. The third kappa shape index (κ3) is 42.3. The predicted octanol–water partition coefficient (Wildman–Crippen LogP) is 15.2. The van der Waals surface area contributed by atoms with Crippen molar-refractivity contribution in [3.63, 3.8) is 0 Å². The van der Waals surface area contributed by atoms with Gasteiger partial charge in [-0.2, -0.15) is 0 Å². The van der Waals surface area contributed by atoms with Gasteiger partial charge < -0.3 is 20.3 Å². The molecular weight excluding hydrogens is 743 g/mol. The first kappa shape index (κ1) is 57.6. The van der Waals surface area contributed by atoms with Gasteiger partial charge in [0.05, 0.1) is 25.2 Å². The molecule has 348 valence electrons. The number of carbonyl (C=O) groups excluding carboxylic acids is 2. The zero-order valence-corrected chi connectivity index (χ0v) is 39.6. The van der Waals surface area contributed by atoms with E-state index in [-0.39, 0.29) is 24.9 Å². The molecule has 0 heterocycles. The SMILES string of the molecule is CCCC/C=C\CCCCCCCC(=O)OC(C/C=C\C/C=C\C/C=C\C/C=C\CCCCC)CC(=O)NC(CO)C(O)CCCCCCCCCCCCCCCCC. The molecule has 6 nitrogen and oxygen atoms in total. The molecule has 0 aliphatic carbocycles. The number of aliphatic hydroxyl groups is 2. The minimum atomic E-state index is -0.812. The number of aliphatic hydroxyl groups excluding tert-OH is 2. The Morgan fingerprint density at radius 1 is 0.500 bits per heavy atom. The number of ether oxygens (including phenoxy) is 1. The van der Waals surface area contributed by atoms with Gasteiger partial charge in [-0.05, 0) is 64.2 Å². The molecule has 60 heavy (non-hydrogen) atoms. The maximum atomic E-state index is 13.2. The van der Waals surface area contributed by atoms with E-state index in [1.807, 2.05) is 6.08 Å². The lowest BCUT2D eigenvalue weighted by atomic mass is 10.0. The first-order chi connectivity index (χ1) is 29.5. The van der Waals surface area contributed by atoms with Gasteiger partial charge in [-0.3, -0.25) is 9.59 Å². The van der Waals surface area contributed by atoms with Crippen molar-refractivity contribution < 1.29 is 24.5 Å². The van der Waals surface area contributed by atoms with Crippen LogP contribution in [0.15, 0.2) is 60.8 Å². The molecule has 0 radical (unpaired) electrons. The normalized spacial score (nSPS) is 13.8. The fourth-order valence-electron chi connectivity index (χ4n) is 7.39. The van der Waals surface area contributed by atoms with Gasteiger partial charge in [-0.1, -0.05) is 223 Å². The fraction of sp³-hybridized carbons (Fsp3) is 0.778. The van der Waals surface area contributed by atoms with Gasteiger partial charge in [0.25, 0.3) is 0 Å². The molecule has 3 N–H and O–H groups in total. The third-order valence-electron chi connectivity index (χ3n) is 11.3. The number of hydrogen-bond acceptors (Lipinski definition) is 5. The summed E-state index contributed by atoms with van der Waals surface area (Å²) in [4.78, 5) is 26.0. The summed E-state index contributed by atoms with van der Waals surface area (Å²) in [6.07, 6.45) is 58.7. The molecule has 1 amide bonds. The van der Waals surface area contributed by atoms with Crippen LogP contribution in [-0.2, 0) is 14.3 Å². The van der Waals surface area contributed by atoms with Gasteiger partial charge in [0.1, 0.15) is 6.10 Å². The summed E-state index contributed by atoms with van der Waals surface area (Å²) in [5.41, 5.74) is 0. The van der Waals surface area contributed by atoms with Gasteiger partial charge in [0.2, 0.25) is 5.91 Å². The fourth-order valence-corrected chi connectivity index (χ4v) is 7.39. The largest absolute Gasteiger partial charge is 0.461 e. The highest BCUT2D eigenvalue weighted by Crippen LogP contribution is 2.16. The Bertz CT molecular complexity index is 1080. The predicted molar refractivity (Wildman–Crippen MR) is 259 cm³/mol. The Balaban J connectivity index is 4.69. The minimum absolute atomic E-state index is 0.00227. The summed E-state index contributed by atoms with van der Waals surface area (Å²) < 4.78 is 5.85. The van der Waals surface area contributed by atoms with Gasteiger partial charge in [0, 0.05) is 12.8 Å². The highest BCUT2D eigenvalue weighted by Gasteiger charge is 2.23. The minimum Gasteiger partial charge on any atom is -0.461 e. The summed E-state index contributed by atoms with van der Waals surface area (Å²) in [6.45, 7) is 6.39. The van der Waals surface area contributed by atoms with Crippen molar-refractivity contribution in [3.8, 4) is 0 Å². The van der Waals surface area contributed by atoms with Crippen molar-refractivity contribution in [2.45, 2.75) is 264 Å². The number of hydrogen-bond donors (Lipinski definition) is 3. The highest BCUT2D eigenvalue weighted by atomic mass is 16.5. The van der Waals surface area contributed by atoms with Crippen LogP contribution >= 0.6 is 0 Å². The highest BCUT2D eigenvalue weighted by molar-refractivity contribution is 5.77. The van der Waals surface area contributed by atoms with Crippen LogP contribution in [0.3, 0.4) is 0 Å². The zero-order valence-electron chi connectivity index (χ0n) is 39.6. The van der Waals surface area contributed by atoms with Gasteiger partial charge in [-0.15, -0.1) is 0 Å². The van der Waals surface area contributed by atoms with Crippen LogP contribution < -0.4 is 5.32 Å². The van der Waals surface area contributed by atoms with E-state index in [0.29, 0.717) is 19.3 Å². The smallest absolute Gasteiger partial charge is 0.306 e. The van der Waals surface area contributed by atoms with E-state index in [1.54, 1.807) is 0 Å². The second kappa shape index (κ2) is 47.6. The number of unbranched alkanes of at least 4 members (excludes halogenated alkanes) is 24. The van der Waals surface area contributed by atoms with Gasteiger partial charge >= 0.3 is 5.97 Å². The monoisotopic (exact) mass is 840 g/mol. The van der Waals surface area contributed by atoms with Crippen molar-refractivity contribution >= 4 is 11.9 Å². The molecule has 0 bridgehead atoms. The number of carbonyl (C=O) groups is 2. The first-order valence-corrected chi connectivity index (χ1v) is 25.5. The Hall–Kier alpha value is -2.44. The first-order valence-electron chi connectivity index (χ1n) is 25.5. The van der Waals surface area contributed by atoms with Crippen molar-refractivity contribution in [1.82, 2.24) is 5.32 Å². The van der Waals surface area contributed by atoms with E-state index in [4.69, 9.17) is 4.74 Å². The van der Waals surface area contributed by atoms with Gasteiger partial charge in [0.15, 0.2) is 0 Å². The Kier molecular flexibility index (Phi) is 45.7. The van der Waals surface area contributed by atoms with Gasteiger partial charge in [-0.25, -0.2) is 0 Å². The van der Waals surface area contributed by atoms with Crippen LogP contribution in [-0.4, -0.2) is 46.9 Å². The summed E-state index contributed by atoms with van der Waals surface area (Å²) in [5, 5.41) is 23.7. The number of nitrogens with one attached hydrogen (secondary N) is 1. The van der Waals surface area contributed by atoms with Crippen molar-refractivity contribution in [3.05, 3.63) is 60.8 Å². The van der Waals surface area contributed by atoms with Crippen LogP contribution in [0.25, 0.3) is 0 Å². The van der Waals surface area contributed by atoms with Crippen molar-refractivity contribution in [2.75, 3.05) is 6.61 Å². The molecule has 0 spiro atoms. The van der Waals surface area contributed by atoms with E-state index >= 15 is 0 Å². The van der Waals surface area contributed by atoms with E-state index in [9.17, 15) is 19.8 Å². The number of amides is 1. The molecule has 0 aliphatic heterocycles. The number of rotatable bonds is 45. The lowest BCUT2D eigenvalue weighted by molar-refractivity contribution is -0.150. The van der Waals surface area contributed by atoms with Crippen molar-refractivity contribution in [1.29, 1.82) is 0 Å². The second-order valence-electron chi connectivity index (χ2n) is 17.2. The molecule has 0 saturated carbocycles. The standard InChI is InChI=1S/C54H97NO5/c1-4-7-10-13-16-19-22-24-26-28-31-33-36-39-42-45-50(60-54(59)47-44-41-38-35-30-21-18-15-12-9-6-3)48-53(58)55-51(49-56)52(57)46-43-40-37-34-32-29-27-25-23-20-17-14-11-8-5-2/h15-16,18-19,24,26,31,33,39,42,50-52,56-57H,4-14,17,20-23,25,27-30,32,34-38,40-41,43-49H2,1-3H3,(H,55,58)/b18-15-,19-16-,26-24-,33-31-,42-39-. The van der Waals surface area contributed by atoms with Crippen LogP contribution in [0.4, 0.5) is 0 Å². The molecule has 3 atom stereocenters. The summed E-state index contributed by atoms with van der Waals surface area (Å²) in [5.74, 6) is -0.587. The summed E-state index contributed by atoms with van der Waals surface area (Å²) in [7, 11) is 0. The topological polar surface area (TPSA) is 95.9 Å². The summed E-state index contributed by atoms with van der Waals surface area (Å²) in [6, 6.07) is -0.733. The Morgan fingerprint density at radius 2 is 0.900 bits per heavy atom. The van der Waals surface area contributed by atoms with Crippen LogP contribution in [0.1, 0.15) is 245 Å². The lowest BCUT2D eigenvalue weighted by Crippen LogP contribution is -2.46. The van der Waals surface area contributed by atoms with E-state index in [1.165, 1.54) is 135 Å². The third-order valence-corrected chi connectivity index (χ3v) is 11.3. The molecule has 0 rings (SSSR count). The molecule has 0 aliphatic rings. The molecule has 0 aromatic rings. The lowest BCUT2D eigenvalue weighted by Gasteiger charge is -2.24.